The van der Waals surface area contributed by atoms with E-state index in [2.05, 4.69) is 35.2 Å². The molecule has 2 aliphatic rings. The summed E-state index contributed by atoms with van der Waals surface area (Å²) in [5, 5.41) is 0. The van der Waals surface area contributed by atoms with Gasteiger partial charge in [-0.2, -0.15) is 0 Å². The molecule has 2 unspecified atom stereocenters. The van der Waals surface area contributed by atoms with Crippen LogP contribution in [0, 0.1) is 5.92 Å². The topological polar surface area (TPSA) is 29.3 Å². The molecule has 0 amide bonds. The molecule has 2 atom stereocenters. The number of nitrogens with zero attached hydrogens (tertiary/aromatic N) is 1. The van der Waals surface area contributed by atoms with Crippen LogP contribution in [0.5, 0.6) is 0 Å². The summed E-state index contributed by atoms with van der Waals surface area (Å²) in [5.74, 6) is 1.56. The van der Waals surface area contributed by atoms with Crippen LogP contribution in [0.25, 0.3) is 0 Å². The van der Waals surface area contributed by atoms with Crippen molar-refractivity contribution in [2.45, 2.75) is 44.1 Å². The van der Waals surface area contributed by atoms with Gasteiger partial charge in [0.1, 0.15) is 0 Å². The summed E-state index contributed by atoms with van der Waals surface area (Å²) in [4.78, 5) is 2.63. The van der Waals surface area contributed by atoms with Gasteiger partial charge in [-0.25, -0.2) is 0 Å². The van der Waals surface area contributed by atoms with Crippen molar-refractivity contribution in [1.29, 1.82) is 0 Å². The first-order chi connectivity index (χ1) is 9.31. The number of piperidine rings is 1. The van der Waals surface area contributed by atoms with Crippen LogP contribution in [0.2, 0.25) is 0 Å². The average molecular weight is 258 g/mol. The Hall–Kier alpha value is -0.860. The van der Waals surface area contributed by atoms with Gasteiger partial charge < -0.3 is 10.6 Å². The molecule has 1 saturated heterocycles. The molecule has 19 heavy (non-hydrogen) atoms. The van der Waals surface area contributed by atoms with E-state index >= 15 is 0 Å². The summed E-state index contributed by atoms with van der Waals surface area (Å²) < 4.78 is 0. The highest BCUT2D eigenvalue weighted by Crippen LogP contribution is 2.30. The van der Waals surface area contributed by atoms with Gasteiger partial charge in [-0.15, -0.1) is 0 Å². The quantitative estimate of drug-likeness (QED) is 0.903. The van der Waals surface area contributed by atoms with Gasteiger partial charge in [0.25, 0.3) is 0 Å². The number of hydrogen-bond acceptors (Lipinski definition) is 2. The molecular formula is C17H26N2. The predicted molar refractivity (Wildman–Crippen MR) is 80.2 cm³/mol. The molecule has 1 aromatic rings. The molecule has 0 radical (unpaired) electrons. The Morgan fingerprint density at radius 2 is 1.79 bits per heavy atom. The maximum atomic E-state index is 6.29. The van der Waals surface area contributed by atoms with E-state index in [-0.39, 0.29) is 0 Å². The molecule has 1 heterocycles. The van der Waals surface area contributed by atoms with Crippen LogP contribution >= 0.6 is 0 Å². The van der Waals surface area contributed by atoms with Crippen LogP contribution in [0.3, 0.4) is 0 Å². The van der Waals surface area contributed by atoms with E-state index < -0.39 is 0 Å². The molecule has 2 N–H and O–H groups in total. The summed E-state index contributed by atoms with van der Waals surface area (Å²) in [6, 6.07) is 11.3. The van der Waals surface area contributed by atoms with E-state index in [9.17, 15) is 0 Å². The zero-order valence-electron chi connectivity index (χ0n) is 11.8. The largest absolute Gasteiger partial charge is 0.327 e. The number of likely N-dealkylation sites (tertiary alicyclic amines) is 1. The fraction of sp³-hybridized carbons (Fsp3) is 0.647. The van der Waals surface area contributed by atoms with Gasteiger partial charge in [-0.05, 0) is 36.7 Å². The van der Waals surface area contributed by atoms with Crippen molar-refractivity contribution < 1.29 is 0 Å². The SMILES string of the molecule is NC1CC(c2ccccc2)CN(CC2CCCC2)C1. The van der Waals surface area contributed by atoms with Crippen LogP contribution in [0.1, 0.15) is 43.6 Å². The highest BCUT2D eigenvalue weighted by molar-refractivity contribution is 5.21. The third-order valence-electron chi connectivity index (χ3n) is 4.82. The van der Waals surface area contributed by atoms with Gasteiger partial charge in [-0.3, -0.25) is 0 Å². The van der Waals surface area contributed by atoms with Crippen LogP contribution in [-0.2, 0) is 0 Å². The number of nitrogens with two attached hydrogens (primary N) is 1. The van der Waals surface area contributed by atoms with Crippen molar-refractivity contribution in [3.63, 3.8) is 0 Å². The lowest BCUT2D eigenvalue weighted by molar-refractivity contribution is 0.164. The molecule has 2 heteroatoms. The molecule has 1 saturated carbocycles. The molecule has 1 aliphatic heterocycles. The standard InChI is InChI=1S/C17H26N2/c18-17-10-16(15-8-2-1-3-9-15)12-19(13-17)11-14-6-4-5-7-14/h1-3,8-9,14,16-17H,4-7,10-13,18H2. The molecule has 0 spiro atoms. The Balaban J connectivity index is 1.63. The second-order valence-corrected chi connectivity index (χ2v) is 6.47. The Bertz CT molecular complexity index is 384. The molecule has 2 nitrogen and oxygen atoms in total. The second kappa shape index (κ2) is 6.06. The monoisotopic (exact) mass is 258 g/mol. The number of rotatable bonds is 3. The summed E-state index contributed by atoms with van der Waals surface area (Å²) in [5.41, 5.74) is 7.75. The zero-order valence-corrected chi connectivity index (χ0v) is 11.8. The number of hydrogen-bond donors (Lipinski definition) is 1. The third-order valence-corrected chi connectivity index (χ3v) is 4.82. The van der Waals surface area contributed by atoms with Gasteiger partial charge in [-0.1, -0.05) is 43.2 Å². The van der Waals surface area contributed by atoms with E-state index in [0.717, 1.165) is 18.9 Å². The summed E-state index contributed by atoms with van der Waals surface area (Å²) in [7, 11) is 0. The van der Waals surface area contributed by atoms with Crippen molar-refractivity contribution in [2.24, 2.45) is 11.7 Å². The van der Waals surface area contributed by atoms with Crippen molar-refractivity contribution in [2.75, 3.05) is 19.6 Å². The Kier molecular flexibility index (Phi) is 4.19. The van der Waals surface area contributed by atoms with Crippen LogP contribution < -0.4 is 5.73 Å². The smallest absolute Gasteiger partial charge is 0.0174 e. The Morgan fingerprint density at radius 1 is 1.05 bits per heavy atom. The minimum Gasteiger partial charge on any atom is -0.327 e. The average Bonchev–Trinajstić information content (AvgIpc) is 2.92. The lowest BCUT2D eigenvalue weighted by atomic mass is 9.88. The Morgan fingerprint density at radius 3 is 2.53 bits per heavy atom. The van der Waals surface area contributed by atoms with Crippen LogP contribution in [0.4, 0.5) is 0 Å². The van der Waals surface area contributed by atoms with E-state index in [1.54, 1.807) is 0 Å². The molecule has 104 valence electrons. The predicted octanol–water partition coefficient (Wildman–Crippen LogP) is 2.99. The fourth-order valence-corrected chi connectivity index (χ4v) is 3.91. The van der Waals surface area contributed by atoms with E-state index in [1.165, 1.54) is 44.3 Å². The molecule has 2 fully saturated rings. The first kappa shape index (κ1) is 13.1. The van der Waals surface area contributed by atoms with E-state index in [0.29, 0.717) is 12.0 Å². The molecule has 1 aliphatic carbocycles. The minimum atomic E-state index is 0.348. The lowest BCUT2D eigenvalue weighted by Gasteiger charge is -2.37. The van der Waals surface area contributed by atoms with Gasteiger partial charge in [0, 0.05) is 25.7 Å². The summed E-state index contributed by atoms with van der Waals surface area (Å²) in [6.07, 6.45) is 6.88. The van der Waals surface area contributed by atoms with Crippen molar-refractivity contribution in [1.82, 2.24) is 4.90 Å². The first-order valence-electron chi connectivity index (χ1n) is 7.84. The number of benzene rings is 1. The fourth-order valence-electron chi connectivity index (χ4n) is 3.91. The Labute approximate surface area is 117 Å². The molecule has 1 aromatic carbocycles. The minimum absolute atomic E-state index is 0.348. The van der Waals surface area contributed by atoms with Crippen molar-refractivity contribution in [3.05, 3.63) is 35.9 Å². The first-order valence-corrected chi connectivity index (χ1v) is 7.84. The molecular weight excluding hydrogens is 232 g/mol. The van der Waals surface area contributed by atoms with Gasteiger partial charge >= 0.3 is 0 Å². The third kappa shape index (κ3) is 3.37. The summed E-state index contributed by atoms with van der Waals surface area (Å²) >= 11 is 0. The lowest BCUT2D eigenvalue weighted by Crippen LogP contribution is -2.47. The van der Waals surface area contributed by atoms with Gasteiger partial charge in [0.2, 0.25) is 0 Å². The maximum Gasteiger partial charge on any atom is 0.0174 e. The highest BCUT2D eigenvalue weighted by atomic mass is 15.2. The highest BCUT2D eigenvalue weighted by Gasteiger charge is 2.28. The van der Waals surface area contributed by atoms with Crippen molar-refractivity contribution in [3.8, 4) is 0 Å². The van der Waals surface area contributed by atoms with Crippen LogP contribution in [-0.4, -0.2) is 30.6 Å². The molecule has 0 bridgehead atoms. The maximum absolute atomic E-state index is 6.29. The van der Waals surface area contributed by atoms with Gasteiger partial charge in [0.05, 0.1) is 0 Å². The normalized spacial score (nSPS) is 29.7. The molecule has 3 rings (SSSR count). The van der Waals surface area contributed by atoms with Gasteiger partial charge in [0.15, 0.2) is 0 Å². The van der Waals surface area contributed by atoms with E-state index in [1.807, 2.05) is 0 Å². The molecule has 0 aromatic heterocycles. The second-order valence-electron chi connectivity index (χ2n) is 6.47. The van der Waals surface area contributed by atoms with Crippen molar-refractivity contribution >= 4 is 0 Å². The van der Waals surface area contributed by atoms with Crippen LogP contribution in [0.15, 0.2) is 30.3 Å². The van der Waals surface area contributed by atoms with E-state index in [4.69, 9.17) is 5.73 Å². The zero-order chi connectivity index (χ0) is 13.1. The summed E-state index contributed by atoms with van der Waals surface area (Å²) in [6.45, 7) is 3.57.